The molecule has 0 spiro atoms. The van der Waals surface area contributed by atoms with Gasteiger partial charge in [0.15, 0.2) is 5.89 Å². The lowest BCUT2D eigenvalue weighted by atomic mass is 9.97. The standard InChI is InChI=1S/C19H26N2O3/c1-14-16(24-17(21-14)19(2,3)4)11-8-12-20-18(22)23-13-15-9-6-5-7-10-15/h5-7,9-10H,8,11-13H2,1-4H3,(H,20,22). The Morgan fingerprint density at radius 1 is 1.25 bits per heavy atom. The van der Waals surface area contributed by atoms with Crippen LogP contribution in [0.15, 0.2) is 34.7 Å². The number of benzene rings is 1. The second kappa shape index (κ2) is 7.99. The first-order chi connectivity index (χ1) is 11.4. The Kier molecular flexibility index (Phi) is 6.01. The Bertz CT molecular complexity index is 657. The molecule has 0 saturated heterocycles. The highest BCUT2D eigenvalue weighted by Gasteiger charge is 2.22. The van der Waals surface area contributed by atoms with Crippen LogP contribution in [-0.2, 0) is 23.2 Å². The average molecular weight is 330 g/mol. The van der Waals surface area contributed by atoms with Crippen LogP contribution < -0.4 is 5.32 Å². The molecule has 2 aromatic rings. The number of ether oxygens (including phenoxy) is 1. The van der Waals surface area contributed by atoms with E-state index in [-0.39, 0.29) is 12.0 Å². The summed E-state index contributed by atoms with van der Waals surface area (Å²) in [5.74, 6) is 1.64. The summed E-state index contributed by atoms with van der Waals surface area (Å²) in [5, 5.41) is 2.76. The zero-order valence-corrected chi connectivity index (χ0v) is 14.9. The molecule has 0 unspecified atom stereocenters. The number of alkyl carbamates (subject to hydrolysis) is 1. The summed E-state index contributed by atoms with van der Waals surface area (Å²) in [7, 11) is 0. The number of carbonyl (C=O) groups is 1. The van der Waals surface area contributed by atoms with Crippen LogP contribution in [0.4, 0.5) is 4.79 Å². The molecule has 0 aliphatic heterocycles. The lowest BCUT2D eigenvalue weighted by molar-refractivity contribution is 0.139. The van der Waals surface area contributed by atoms with E-state index in [1.54, 1.807) is 0 Å². The van der Waals surface area contributed by atoms with Gasteiger partial charge in [0, 0.05) is 18.4 Å². The van der Waals surface area contributed by atoms with E-state index in [1.807, 2.05) is 37.3 Å². The van der Waals surface area contributed by atoms with Crippen LogP contribution in [-0.4, -0.2) is 17.6 Å². The summed E-state index contributed by atoms with van der Waals surface area (Å²) in [6.45, 7) is 9.00. The first-order valence-electron chi connectivity index (χ1n) is 8.27. The molecule has 2 rings (SSSR count). The maximum atomic E-state index is 11.7. The molecule has 0 radical (unpaired) electrons. The summed E-state index contributed by atoms with van der Waals surface area (Å²) >= 11 is 0. The number of aromatic nitrogens is 1. The van der Waals surface area contributed by atoms with Crippen LogP contribution in [0.25, 0.3) is 0 Å². The number of nitrogens with one attached hydrogen (secondary N) is 1. The third-order valence-corrected chi connectivity index (χ3v) is 3.60. The Balaban J connectivity index is 1.69. The van der Waals surface area contributed by atoms with Crippen molar-refractivity contribution in [3.8, 4) is 0 Å². The molecule has 130 valence electrons. The number of aryl methyl sites for hydroxylation is 2. The summed E-state index contributed by atoms with van der Waals surface area (Å²) in [6.07, 6.45) is 1.12. The molecule has 0 bridgehead atoms. The van der Waals surface area contributed by atoms with Gasteiger partial charge in [0.05, 0.1) is 5.69 Å². The quantitative estimate of drug-likeness (QED) is 0.809. The Morgan fingerprint density at radius 2 is 1.96 bits per heavy atom. The molecular formula is C19H26N2O3. The van der Waals surface area contributed by atoms with Crippen LogP contribution in [0.5, 0.6) is 0 Å². The van der Waals surface area contributed by atoms with Crippen molar-refractivity contribution in [1.82, 2.24) is 10.3 Å². The molecule has 1 amide bonds. The molecule has 1 N–H and O–H groups in total. The monoisotopic (exact) mass is 330 g/mol. The highest BCUT2D eigenvalue weighted by Crippen LogP contribution is 2.24. The van der Waals surface area contributed by atoms with Crippen molar-refractivity contribution in [3.63, 3.8) is 0 Å². The number of oxazole rings is 1. The molecule has 0 atom stereocenters. The van der Waals surface area contributed by atoms with Crippen molar-refractivity contribution in [2.45, 2.75) is 52.6 Å². The molecule has 5 nitrogen and oxygen atoms in total. The maximum Gasteiger partial charge on any atom is 0.407 e. The highest BCUT2D eigenvalue weighted by atomic mass is 16.5. The number of hydrogen-bond acceptors (Lipinski definition) is 4. The molecule has 1 heterocycles. The SMILES string of the molecule is Cc1nc(C(C)(C)C)oc1CCCNC(=O)OCc1ccccc1. The van der Waals surface area contributed by atoms with E-state index in [9.17, 15) is 4.79 Å². The summed E-state index contributed by atoms with van der Waals surface area (Å²) in [6, 6.07) is 9.62. The first kappa shape index (κ1) is 18.0. The summed E-state index contributed by atoms with van der Waals surface area (Å²) < 4.78 is 11.0. The maximum absolute atomic E-state index is 11.7. The highest BCUT2D eigenvalue weighted by molar-refractivity contribution is 5.67. The van der Waals surface area contributed by atoms with Gasteiger partial charge >= 0.3 is 6.09 Å². The van der Waals surface area contributed by atoms with Gasteiger partial charge in [0.1, 0.15) is 12.4 Å². The average Bonchev–Trinajstić information content (AvgIpc) is 2.92. The van der Waals surface area contributed by atoms with E-state index in [2.05, 4.69) is 31.1 Å². The van der Waals surface area contributed by atoms with Gasteiger partial charge in [-0.1, -0.05) is 51.1 Å². The predicted molar refractivity (Wildman–Crippen MR) is 92.9 cm³/mol. The normalized spacial score (nSPS) is 11.3. The number of hydrogen-bond donors (Lipinski definition) is 1. The van der Waals surface area contributed by atoms with Gasteiger partial charge in [-0.3, -0.25) is 0 Å². The van der Waals surface area contributed by atoms with Crippen molar-refractivity contribution in [1.29, 1.82) is 0 Å². The summed E-state index contributed by atoms with van der Waals surface area (Å²) in [5.41, 5.74) is 1.80. The second-order valence-corrected chi connectivity index (χ2v) is 6.87. The van der Waals surface area contributed by atoms with Crippen LogP contribution in [0.1, 0.15) is 50.1 Å². The minimum atomic E-state index is -0.400. The Labute approximate surface area is 143 Å². The molecular weight excluding hydrogens is 304 g/mol. The zero-order chi connectivity index (χ0) is 17.6. The van der Waals surface area contributed by atoms with Gasteiger partial charge in [-0.2, -0.15) is 0 Å². The molecule has 0 aliphatic carbocycles. The lowest BCUT2D eigenvalue weighted by Crippen LogP contribution is -2.25. The van der Waals surface area contributed by atoms with Gasteiger partial charge in [-0.15, -0.1) is 0 Å². The largest absolute Gasteiger partial charge is 0.445 e. The molecule has 5 heteroatoms. The number of rotatable bonds is 6. The van der Waals surface area contributed by atoms with Gasteiger partial charge < -0.3 is 14.5 Å². The topological polar surface area (TPSA) is 64.4 Å². The van der Waals surface area contributed by atoms with Crippen LogP contribution in [0.3, 0.4) is 0 Å². The zero-order valence-electron chi connectivity index (χ0n) is 14.9. The van der Waals surface area contributed by atoms with Crippen LogP contribution in [0, 0.1) is 6.92 Å². The lowest BCUT2D eigenvalue weighted by Gasteiger charge is -2.12. The molecule has 24 heavy (non-hydrogen) atoms. The minimum absolute atomic E-state index is 0.0947. The minimum Gasteiger partial charge on any atom is -0.445 e. The fraction of sp³-hybridized carbons (Fsp3) is 0.474. The summed E-state index contributed by atoms with van der Waals surface area (Å²) in [4.78, 5) is 16.1. The molecule has 0 aliphatic rings. The smallest absolute Gasteiger partial charge is 0.407 e. The fourth-order valence-corrected chi connectivity index (χ4v) is 2.19. The number of amides is 1. The van der Waals surface area contributed by atoms with Crippen molar-refractivity contribution < 1.29 is 13.9 Å². The van der Waals surface area contributed by atoms with E-state index in [4.69, 9.17) is 9.15 Å². The van der Waals surface area contributed by atoms with Crippen molar-refractivity contribution >= 4 is 6.09 Å². The van der Waals surface area contributed by atoms with Crippen molar-refractivity contribution in [2.75, 3.05) is 6.54 Å². The van der Waals surface area contributed by atoms with Crippen molar-refractivity contribution in [3.05, 3.63) is 53.2 Å². The van der Waals surface area contributed by atoms with E-state index in [1.165, 1.54) is 0 Å². The number of nitrogens with zero attached hydrogens (tertiary/aromatic N) is 1. The van der Waals surface area contributed by atoms with E-state index < -0.39 is 6.09 Å². The van der Waals surface area contributed by atoms with E-state index in [0.29, 0.717) is 6.54 Å². The van der Waals surface area contributed by atoms with Gasteiger partial charge in [0.2, 0.25) is 0 Å². The molecule has 1 aromatic heterocycles. The Morgan fingerprint density at radius 3 is 2.58 bits per heavy atom. The van der Waals surface area contributed by atoms with Crippen LogP contribution >= 0.6 is 0 Å². The van der Waals surface area contributed by atoms with Gasteiger partial charge in [-0.25, -0.2) is 9.78 Å². The molecule has 0 fully saturated rings. The molecule has 1 aromatic carbocycles. The first-order valence-corrected chi connectivity index (χ1v) is 8.27. The third kappa shape index (κ3) is 5.41. The van der Waals surface area contributed by atoms with E-state index in [0.717, 1.165) is 35.7 Å². The second-order valence-electron chi connectivity index (χ2n) is 6.87. The van der Waals surface area contributed by atoms with Gasteiger partial charge in [-0.05, 0) is 18.9 Å². The van der Waals surface area contributed by atoms with Gasteiger partial charge in [0.25, 0.3) is 0 Å². The van der Waals surface area contributed by atoms with E-state index >= 15 is 0 Å². The van der Waals surface area contributed by atoms with Crippen molar-refractivity contribution in [2.24, 2.45) is 0 Å². The number of carbonyl (C=O) groups excluding carboxylic acids is 1. The third-order valence-electron chi connectivity index (χ3n) is 3.60. The predicted octanol–water partition coefficient (Wildman–Crippen LogP) is 4.14. The van der Waals surface area contributed by atoms with Crippen LogP contribution in [0.2, 0.25) is 0 Å². The fourth-order valence-electron chi connectivity index (χ4n) is 2.19. The molecule has 0 saturated carbocycles. The Hall–Kier alpha value is -2.30.